The van der Waals surface area contributed by atoms with Gasteiger partial charge in [0.1, 0.15) is 0 Å². The van der Waals surface area contributed by atoms with Crippen molar-refractivity contribution in [2.75, 3.05) is 13.2 Å². The van der Waals surface area contributed by atoms with Gasteiger partial charge in [-0.15, -0.1) is 0 Å². The lowest BCUT2D eigenvalue weighted by molar-refractivity contribution is -0.384. The molecule has 3 aromatic rings. The number of ether oxygens (including phenoxy) is 2. The summed E-state index contributed by atoms with van der Waals surface area (Å²) in [6.45, 7) is 4.93. The molecule has 0 saturated carbocycles. The lowest BCUT2D eigenvalue weighted by Crippen LogP contribution is -1.99. The fourth-order valence-electron chi connectivity index (χ4n) is 2.56. The number of nitro benzene ring substituents is 1. The van der Waals surface area contributed by atoms with Crippen LogP contribution < -0.4 is 9.47 Å². The molecule has 0 bridgehead atoms. The number of nitrogens with zero attached hydrogens (tertiary/aromatic N) is 3. The molecule has 2 aromatic carbocycles. The van der Waals surface area contributed by atoms with Crippen molar-refractivity contribution in [3.63, 3.8) is 0 Å². The van der Waals surface area contributed by atoms with E-state index in [4.69, 9.17) is 14.0 Å². The van der Waals surface area contributed by atoms with E-state index in [0.717, 1.165) is 5.56 Å². The monoisotopic (exact) mass is 369 g/mol. The van der Waals surface area contributed by atoms with Crippen LogP contribution in [0.2, 0.25) is 0 Å². The van der Waals surface area contributed by atoms with Gasteiger partial charge in [-0.2, -0.15) is 4.98 Å². The van der Waals surface area contributed by atoms with Crippen LogP contribution in [0, 0.1) is 10.1 Å². The third-order valence-electron chi connectivity index (χ3n) is 3.77. The fraction of sp³-hybridized carbons (Fsp3) is 0.263. The van der Waals surface area contributed by atoms with Gasteiger partial charge in [-0.25, -0.2) is 0 Å². The van der Waals surface area contributed by atoms with Crippen molar-refractivity contribution in [1.29, 1.82) is 0 Å². The number of hydrogen-bond donors (Lipinski definition) is 0. The van der Waals surface area contributed by atoms with Crippen molar-refractivity contribution in [2.24, 2.45) is 0 Å². The molecule has 0 fully saturated rings. The van der Waals surface area contributed by atoms with Crippen LogP contribution in [0.4, 0.5) is 5.69 Å². The molecule has 0 amide bonds. The zero-order valence-corrected chi connectivity index (χ0v) is 15.0. The van der Waals surface area contributed by atoms with E-state index in [9.17, 15) is 10.1 Å². The van der Waals surface area contributed by atoms with E-state index in [1.807, 2.05) is 32.0 Å². The summed E-state index contributed by atoms with van der Waals surface area (Å²) >= 11 is 0. The van der Waals surface area contributed by atoms with Crippen molar-refractivity contribution in [2.45, 2.75) is 20.3 Å². The summed E-state index contributed by atoms with van der Waals surface area (Å²) in [5.41, 5.74) is 1.61. The summed E-state index contributed by atoms with van der Waals surface area (Å²) in [5.74, 6) is 2.19. The SMILES string of the molecule is CCOc1ccc(Cc2nc(-c3ccc([N+](=O)[O-])cc3)no2)cc1OCC. The summed E-state index contributed by atoms with van der Waals surface area (Å²) in [7, 11) is 0. The third kappa shape index (κ3) is 4.41. The van der Waals surface area contributed by atoms with Crippen molar-refractivity contribution >= 4 is 5.69 Å². The summed E-state index contributed by atoms with van der Waals surface area (Å²) < 4.78 is 16.5. The molecular formula is C19H19N3O5. The van der Waals surface area contributed by atoms with Gasteiger partial charge in [-0.3, -0.25) is 10.1 Å². The molecule has 8 heteroatoms. The molecule has 8 nitrogen and oxygen atoms in total. The van der Waals surface area contributed by atoms with E-state index in [1.165, 1.54) is 12.1 Å². The van der Waals surface area contributed by atoms with Gasteiger partial charge in [-0.1, -0.05) is 11.2 Å². The minimum absolute atomic E-state index is 0.0142. The Kier molecular flexibility index (Phi) is 5.65. The molecule has 1 heterocycles. The lowest BCUT2D eigenvalue weighted by atomic mass is 10.1. The average Bonchev–Trinajstić information content (AvgIpc) is 3.13. The fourth-order valence-corrected chi connectivity index (χ4v) is 2.56. The minimum atomic E-state index is -0.451. The van der Waals surface area contributed by atoms with Gasteiger partial charge >= 0.3 is 0 Å². The second kappa shape index (κ2) is 8.31. The molecule has 0 radical (unpaired) electrons. The first-order valence-corrected chi connectivity index (χ1v) is 8.56. The van der Waals surface area contributed by atoms with Crippen LogP contribution in [0.5, 0.6) is 11.5 Å². The highest BCUT2D eigenvalue weighted by Crippen LogP contribution is 2.29. The second-order valence-electron chi connectivity index (χ2n) is 5.64. The van der Waals surface area contributed by atoms with E-state index in [2.05, 4.69) is 10.1 Å². The zero-order chi connectivity index (χ0) is 19.2. The number of rotatable bonds is 8. The van der Waals surface area contributed by atoms with Gasteiger partial charge in [0.15, 0.2) is 11.5 Å². The van der Waals surface area contributed by atoms with E-state index in [-0.39, 0.29) is 5.69 Å². The molecule has 1 aromatic heterocycles. The predicted octanol–water partition coefficient (Wildman–Crippen LogP) is 4.03. The van der Waals surface area contributed by atoms with Crippen LogP contribution in [-0.2, 0) is 6.42 Å². The van der Waals surface area contributed by atoms with Gasteiger partial charge < -0.3 is 14.0 Å². The molecule has 0 spiro atoms. The third-order valence-corrected chi connectivity index (χ3v) is 3.77. The Morgan fingerprint density at radius 3 is 2.41 bits per heavy atom. The van der Waals surface area contributed by atoms with Crippen molar-refractivity contribution < 1.29 is 18.9 Å². The van der Waals surface area contributed by atoms with Gasteiger partial charge in [-0.05, 0) is 43.7 Å². The molecule has 0 aliphatic heterocycles. The first kappa shape index (κ1) is 18.4. The van der Waals surface area contributed by atoms with Gasteiger partial charge in [0.05, 0.1) is 24.6 Å². The molecule has 27 heavy (non-hydrogen) atoms. The molecule has 0 atom stereocenters. The molecule has 0 saturated heterocycles. The number of nitro groups is 1. The Morgan fingerprint density at radius 2 is 1.74 bits per heavy atom. The number of hydrogen-bond acceptors (Lipinski definition) is 7. The van der Waals surface area contributed by atoms with Crippen LogP contribution in [0.1, 0.15) is 25.3 Å². The van der Waals surface area contributed by atoms with Gasteiger partial charge in [0.25, 0.3) is 5.69 Å². The maximum absolute atomic E-state index is 10.7. The van der Waals surface area contributed by atoms with E-state index in [1.54, 1.807) is 12.1 Å². The Labute approximate surface area is 155 Å². The highest BCUT2D eigenvalue weighted by Gasteiger charge is 2.13. The molecule has 0 unspecified atom stereocenters. The smallest absolute Gasteiger partial charge is 0.269 e. The van der Waals surface area contributed by atoms with Crippen LogP contribution in [0.15, 0.2) is 47.0 Å². The van der Waals surface area contributed by atoms with Crippen molar-refractivity contribution in [3.05, 3.63) is 64.0 Å². The summed E-state index contributed by atoms with van der Waals surface area (Å²) in [4.78, 5) is 14.6. The van der Waals surface area contributed by atoms with Crippen LogP contribution >= 0.6 is 0 Å². The first-order chi connectivity index (χ1) is 13.1. The Balaban J connectivity index is 1.77. The summed E-state index contributed by atoms with van der Waals surface area (Å²) in [5, 5.41) is 14.7. The Morgan fingerprint density at radius 1 is 1.04 bits per heavy atom. The normalized spacial score (nSPS) is 10.6. The lowest BCUT2D eigenvalue weighted by Gasteiger charge is -2.11. The quantitative estimate of drug-likeness (QED) is 0.436. The van der Waals surface area contributed by atoms with Crippen molar-refractivity contribution in [1.82, 2.24) is 10.1 Å². The van der Waals surface area contributed by atoms with E-state index in [0.29, 0.717) is 48.4 Å². The highest BCUT2D eigenvalue weighted by molar-refractivity contribution is 5.56. The van der Waals surface area contributed by atoms with Crippen LogP contribution in [0.25, 0.3) is 11.4 Å². The molecule has 0 aliphatic rings. The molecule has 3 rings (SSSR count). The average molecular weight is 369 g/mol. The molecule has 0 N–H and O–H groups in total. The predicted molar refractivity (Wildman–Crippen MR) is 98.0 cm³/mol. The number of benzene rings is 2. The van der Waals surface area contributed by atoms with E-state index < -0.39 is 4.92 Å². The van der Waals surface area contributed by atoms with Crippen LogP contribution in [0.3, 0.4) is 0 Å². The largest absolute Gasteiger partial charge is 0.490 e. The van der Waals surface area contributed by atoms with Gasteiger partial charge in [0.2, 0.25) is 11.7 Å². The standard InChI is InChI=1S/C19H19N3O5/c1-3-25-16-10-5-13(11-17(16)26-4-2)12-18-20-19(21-27-18)14-6-8-15(9-7-14)22(23)24/h5-11H,3-4,12H2,1-2H3. The number of aromatic nitrogens is 2. The zero-order valence-electron chi connectivity index (χ0n) is 15.0. The number of non-ortho nitro benzene ring substituents is 1. The molecule has 140 valence electrons. The van der Waals surface area contributed by atoms with E-state index >= 15 is 0 Å². The van der Waals surface area contributed by atoms with Crippen LogP contribution in [-0.4, -0.2) is 28.3 Å². The highest BCUT2D eigenvalue weighted by atomic mass is 16.6. The maximum atomic E-state index is 10.7. The summed E-state index contributed by atoms with van der Waals surface area (Å²) in [6.07, 6.45) is 0.437. The summed E-state index contributed by atoms with van der Waals surface area (Å²) in [6, 6.07) is 11.7. The Hall–Kier alpha value is -3.42. The first-order valence-electron chi connectivity index (χ1n) is 8.56. The molecule has 0 aliphatic carbocycles. The van der Waals surface area contributed by atoms with Gasteiger partial charge in [0, 0.05) is 17.7 Å². The topological polar surface area (TPSA) is 101 Å². The minimum Gasteiger partial charge on any atom is -0.490 e. The second-order valence-corrected chi connectivity index (χ2v) is 5.64. The van der Waals surface area contributed by atoms with Crippen molar-refractivity contribution in [3.8, 4) is 22.9 Å². The Bertz CT molecular complexity index is 921. The molecular weight excluding hydrogens is 350 g/mol. The maximum Gasteiger partial charge on any atom is 0.269 e.